The second kappa shape index (κ2) is 5.44. The quantitative estimate of drug-likeness (QED) is 0.418. The van der Waals surface area contributed by atoms with E-state index in [2.05, 4.69) is 20.3 Å². The molecule has 0 spiro atoms. The number of aromatic nitrogens is 1. The van der Waals surface area contributed by atoms with Gasteiger partial charge in [0.15, 0.2) is 0 Å². The van der Waals surface area contributed by atoms with E-state index < -0.39 is 5.97 Å². The number of anilines is 1. The third-order valence-electron chi connectivity index (χ3n) is 1.61. The molecule has 1 aromatic rings. The van der Waals surface area contributed by atoms with Crippen LogP contribution < -0.4 is 5.32 Å². The largest absolute Gasteiger partial charge is 0.476 e. The molecule has 1 rings (SSSR count). The first-order chi connectivity index (χ1) is 7.69. The number of carboxylic acids is 1. The topological polar surface area (TPSA) is 101 Å². The van der Waals surface area contributed by atoms with Crippen LogP contribution in [0.3, 0.4) is 0 Å². The molecular formula is C9H9N3O4. The van der Waals surface area contributed by atoms with E-state index in [4.69, 9.17) is 5.11 Å². The van der Waals surface area contributed by atoms with Gasteiger partial charge in [-0.3, -0.25) is 9.78 Å². The fourth-order valence-corrected chi connectivity index (χ4v) is 1.00. The number of nitrogens with one attached hydrogen (secondary N) is 1. The van der Waals surface area contributed by atoms with E-state index in [9.17, 15) is 9.59 Å². The first-order valence-corrected chi connectivity index (χ1v) is 4.20. The molecule has 7 nitrogen and oxygen atoms in total. The van der Waals surface area contributed by atoms with Crippen LogP contribution in [0, 0.1) is 0 Å². The van der Waals surface area contributed by atoms with Crippen molar-refractivity contribution in [2.24, 2.45) is 5.16 Å². The Labute approximate surface area is 90.7 Å². The Morgan fingerprint density at radius 3 is 3.00 bits per heavy atom. The summed E-state index contributed by atoms with van der Waals surface area (Å²) in [5.74, 6) is -1.27. The normalized spacial score (nSPS) is 10.7. The molecule has 7 heteroatoms. The smallest absolute Gasteiger partial charge is 0.360 e. The summed E-state index contributed by atoms with van der Waals surface area (Å²) in [4.78, 5) is 29.2. The molecule has 0 saturated heterocycles. The van der Waals surface area contributed by atoms with Crippen molar-refractivity contribution in [1.82, 2.24) is 4.98 Å². The van der Waals surface area contributed by atoms with Crippen molar-refractivity contribution in [3.63, 3.8) is 0 Å². The molecule has 0 fully saturated rings. The highest BCUT2D eigenvalue weighted by Gasteiger charge is 2.15. The van der Waals surface area contributed by atoms with Gasteiger partial charge >= 0.3 is 5.97 Å². The lowest BCUT2D eigenvalue weighted by Crippen LogP contribution is -2.16. The predicted molar refractivity (Wildman–Crippen MR) is 55.1 cm³/mol. The Balaban J connectivity index is 3.10. The van der Waals surface area contributed by atoms with Crippen LogP contribution in [-0.4, -0.2) is 35.3 Å². The number of carbonyl (C=O) groups is 2. The summed E-state index contributed by atoms with van der Waals surface area (Å²) in [6.45, 7) is 0. The van der Waals surface area contributed by atoms with E-state index in [-0.39, 0.29) is 11.4 Å². The highest BCUT2D eigenvalue weighted by Crippen LogP contribution is 2.08. The number of rotatable bonds is 5. The fourth-order valence-electron chi connectivity index (χ4n) is 1.00. The molecule has 2 N–H and O–H groups in total. The van der Waals surface area contributed by atoms with Gasteiger partial charge in [0.25, 0.3) is 0 Å². The lowest BCUT2D eigenvalue weighted by atomic mass is 10.2. The molecule has 0 aliphatic rings. The molecule has 0 aromatic carbocycles. The average Bonchev–Trinajstić information content (AvgIpc) is 2.26. The summed E-state index contributed by atoms with van der Waals surface area (Å²) in [5.41, 5.74) is 0.184. The highest BCUT2D eigenvalue weighted by atomic mass is 16.6. The Kier molecular flexibility index (Phi) is 3.96. The number of carbonyl (C=O) groups excluding carboxylic acids is 1. The highest BCUT2D eigenvalue weighted by molar-refractivity contribution is 6.41. The molecule has 84 valence electrons. The van der Waals surface area contributed by atoms with Crippen molar-refractivity contribution in [3.05, 3.63) is 24.0 Å². The lowest BCUT2D eigenvalue weighted by molar-refractivity contribution is -0.129. The second-order valence-corrected chi connectivity index (χ2v) is 2.62. The van der Waals surface area contributed by atoms with Gasteiger partial charge in [-0.15, -0.1) is 0 Å². The molecule has 1 amide bonds. The summed E-state index contributed by atoms with van der Waals surface area (Å²) >= 11 is 0. The maximum Gasteiger partial charge on any atom is 0.360 e. The Hall–Kier alpha value is -2.44. The fraction of sp³-hybridized carbons (Fsp3) is 0.111. The van der Waals surface area contributed by atoms with Gasteiger partial charge < -0.3 is 15.3 Å². The van der Waals surface area contributed by atoms with Gasteiger partial charge in [-0.05, 0) is 12.1 Å². The van der Waals surface area contributed by atoms with E-state index in [1.54, 1.807) is 0 Å². The molecule has 0 aliphatic carbocycles. The van der Waals surface area contributed by atoms with E-state index in [0.717, 1.165) is 0 Å². The number of amides is 1. The summed E-state index contributed by atoms with van der Waals surface area (Å²) in [5, 5.41) is 14.5. The van der Waals surface area contributed by atoms with Crippen molar-refractivity contribution >= 4 is 23.8 Å². The van der Waals surface area contributed by atoms with E-state index in [0.29, 0.717) is 12.1 Å². The van der Waals surface area contributed by atoms with Crippen molar-refractivity contribution in [3.8, 4) is 0 Å². The SMILES string of the molecule is CON=C(C(=O)O)c1cc(NC=O)ccn1. The third-order valence-corrected chi connectivity index (χ3v) is 1.61. The number of pyridine rings is 1. The van der Waals surface area contributed by atoms with E-state index in [1.165, 1.54) is 25.4 Å². The van der Waals surface area contributed by atoms with Crippen molar-refractivity contribution in [1.29, 1.82) is 0 Å². The summed E-state index contributed by atoms with van der Waals surface area (Å²) in [6, 6.07) is 2.89. The molecule has 0 atom stereocenters. The number of carboxylic acid groups (broad SMARTS) is 1. The molecule has 0 bridgehead atoms. The number of hydrogen-bond donors (Lipinski definition) is 2. The molecule has 16 heavy (non-hydrogen) atoms. The zero-order valence-electron chi connectivity index (χ0n) is 8.38. The minimum Gasteiger partial charge on any atom is -0.476 e. The zero-order chi connectivity index (χ0) is 12.0. The van der Waals surface area contributed by atoms with E-state index in [1.807, 2.05) is 0 Å². The van der Waals surface area contributed by atoms with Gasteiger partial charge in [-0.2, -0.15) is 0 Å². The first kappa shape index (κ1) is 11.6. The van der Waals surface area contributed by atoms with Gasteiger partial charge in [0.1, 0.15) is 12.8 Å². The summed E-state index contributed by atoms with van der Waals surface area (Å²) in [7, 11) is 1.23. The van der Waals surface area contributed by atoms with Gasteiger partial charge in [-0.1, -0.05) is 5.16 Å². The van der Waals surface area contributed by atoms with Crippen molar-refractivity contribution < 1.29 is 19.5 Å². The summed E-state index contributed by atoms with van der Waals surface area (Å²) < 4.78 is 0. The molecule has 0 aliphatic heterocycles. The van der Waals surface area contributed by atoms with Gasteiger partial charge in [-0.25, -0.2) is 4.79 Å². The van der Waals surface area contributed by atoms with Crippen LogP contribution in [0.4, 0.5) is 5.69 Å². The van der Waals surface area contributed by atoms with Crippen molar-refractivity contribution in [2.75, 3.05) is 12.4 Å². The number of aliphatic carboxylic acids is 1. The molecule has 1 aromatic heterocycles. The molecule has 1 heterocycles. The number of oxime groups is 1. The number of nitrogens with zero attached hydrogens (tertiary/aromatic N) is 2. The van der Waals surface area contributed by atoms with Crippen LogP contribution in [0.1, 0.15) is 5.69 Å². The van der Waals surface area contributed by atoms with Crippen LogP contribution in [0.25, 0.3) is 0 Å². The summed E-state index contributed by atoms with van der Waals surface area (Å²) in [6.07, 6.45) is 1.84. The Morgan fingerprint density at radius 1 is 1.69 bits per heavy atom. The van der Waals surface area contributed by atoms with Crippen LogP contribution in [0.5, 0.6) is 0 Å². The lowest BCUT2D eigenvalue weighted by Gasteiger charge is -2.02. The first-order valence-electron chi connectivity index (χ1n) is 4.20. The van der Waals surface area contributed by atoms with Gasteiger partial charge in [0.05, 0.1) is 0 Å². The molecule has 0 saturated carbocycles. The van der Waals surface area contributed by atoms with Crippen LogP contribution in [0.2, 0.25) is 0 Å². The minimum atomic E-state index is -1.27. The standard InChI is InChI=1S/C9H9N3O4/c1-16-12-8(9(14)15)7-4-6(11-5-13)2-3-10-7/h2-5H,1H3,(H,14,15)(H,10,11,13). The Morgan fingerprint density at radius 2 is 2.44 bits per heavy atom. The maximum absolute atomic E-state index is 10.8. The molecule has 0 radical (unpaired) electrons. The second-order valence-electron chi connectivity index (χ2n) is 2.62. The van der Waals surface area contributed by atoms with E-state index >= 15 is 0 Å². The Bertz CT molecular complexity index is 431. The minimum absolute atomic E-state index is 0.0983. The van der Waals surface area contributed by atoms with Gasteiger partial charge in [0, 0.05) is 11.9 Å². The zero-order valence-corrected chi connectivity index (χ0v) is 8.38. The van der Waals surface area contributed by atoms with Gasteiger partial charge in [0.2, 0.25) is 12.1 Å². The molecular weight excluding hydrogens is 214 g/mol. The predicted octanol–water partition coefficient (Wildman–Crippen LogP) is 0.0850. The maximum atomic E-state index is 10.8. The number of hydrogen-bond acceptors (Lipinski definition) is 5. The average molecular weight is 223 g/mol. The van der Waals surface area contributed by atoms with Crippen molar-refractivity contribution in [2.45, 2.75) is 0 Å². The molecule has 0 unspecified atom stereocenters. The van der Waals surface area contributed by atoms with Crippen LogP contribution >= 0.6 is 0 Å². The third kappa shape index (κ3) is 2.77. The monoisotopic (exact) mass is 223 g/mol. The van der Waals surface area contributed by atoms with Crippen LogP contribution in [-0.2, 0) is 14.4 Å². The van der Waals surface area contributed by atoms with Crippen LogP contribution in [0.15, 0.2) is 23.5 Å².